The highest BCUT2D eigenvalue weighted by molar-refractivity contribution is 7.99. The van der Waals surface area contributed by atoms with Gasteiger partial charge in [0.15, 0.2) is 5.65 Å². The maximum atomic E-state index is 5.83. The SMILES string of the molecule is Nc1cnccc1Sc1nccn2cnnc12. The Morgan fingerprint density at radius 1 is 1.29 bits per heavy atom. The van der Waals surface area contributed by atoms with E-state index in [4.69, 9.17) is 5.73 Å². The number of fused-ring (bicyclic) bond motifs is 1. The van der Waals surface area contributed by atoms with Crippen LogP contribution in [0.4, 0.5) is 5.69 Å². The molecule has 0 unspecified atom stereocenters. The molecule has 0 fully saturated rings. The van der Waals surface area contributed by atoms with Crippen molar-refractivity contribution in [3.63, 3.8) is 0 Å². The van der Waals surface area contributed by atoms with Gasteiger partial charge in [-0.1, -0.05) is 11.8 Å². The molecule has 3 aromatic rings. The van der Waals surface area contributed by atoms with Gasteiger partial charge in [-0.3, -0.25) is 9.38 Å². The van der Waals surface area contributed by atoms with Gasteiger partial charge in [-0.25, -0.2) is 4.98 Å². The molecule has 2 N–H and O–H groups in total. The van der Waals surface area contributed by atoms with E-state index in [9.17, 15) is 0 Å². The first kappa shape index (κ1) is 10.0. The molecule has 0 saturated heterocycles. The van der Waals surface area contributed by atoms with E-state index in [1.807, 2.05) is 10.5 Å². The zero-order valence-corrected chi connectivity index (χ0v) is 9.50. The molecule has 0 spiro atoms. The van der Waals surface area contributed by atoms with Crippen LogP contribution in [0.25, 0.3) is 5.65 Å². The van der Waals surface area contributed by atoms with Gasteiger partial charge in [-0.05, 0) is 6.07 Å². The van der Waals surface area contributed by atoms with Crippen molar-refractivity contribution in [2.24, 2.45) is 0 Å². The Hall–Kier alpha value is -2.15. The molecule has 3 rings (SSSR count). The third-order valence-corrected chi connectivity index (χ3v) is 3.27. The first-order chi connectivity index (χ1) is 8.34. The molecule has 0 aliphatic rings. The summed E-state index contributed by atoms with van der Waals surface area (Å²) in [6.45, 7) is 0. The fourth-order valence-electron chi connectivity index (χ4n) is 1.40. The lowest BCUT2D eigenvalue weighted by atomic mass is 10.4. The van der Waals surface area contributed by atoms with Crippen molar-refractivity contribution in [2.75, 3.05) is 5.73 Å². The predicted molar refractivity (Wildman–Crippen MR) is 63.6 cm³/mol. The van der Waals surface area contributed by atoms with Gasteiger partial charge in [0.1, 0.15) is 11.4 Å². The molecule has 0 saturated carbocycles. The van der Waals surface area contributed by atoms with Crippen molar-refractivity contribution in [1.82, 2.24) is 24.6 Å². The number of anilines is 1. The van der Waals surface area contributed by atoms with Crippen LogP contribution in [0.15, 0.2) is 47.1 Å². The lowest BCUT2D eigenvalue weighted by Gasteiger charge is -2.03. The van der Waals surface area contributed by atoms with Gasteiger partial charge < -0.3 is 5.73 Å². The molecule has 0 radical (unpaired) electrons. The summed E-state index contributed by atoms with van der Waals surface area (Å²) in [6.07, 6.45) is 8.46. The number of hydrogen-bond acceptors (Lipinski definition) is 6. The Kier molecular flexibility index (Phi) is 2.37. The molecular weight excluding hydrogens is 236 g/mol. The van der Waals surface area contributed by atoms with Crippen molar-refractivity contribution >= 4 is 23.1 Å². The lowest BCUT2D eigenvalue weighted by molar-refractivity contribution is 1.03. The summed E-state index contributed by atoms with van der Waals surface area (Å²) in [4.78, 5) is 9.13. The van der Waals surface area contributed by atoms with E-state index in [0.717, 1.165) is 9.92 Å². The summed E-state index contributed by atoms with van der Waals surface area (Å²) in [5.74, 6) is 0. The molecule has 84 valence electrons. The zero-order chi connectivity index (χ0) is 11.7. The Labute approximate surface area is 101 Å². The summed E-state index contributed by atoms with van der Waals surface area (Å²) in [5, 5.41) is 8.63. The van der Waals surface area contributed by atoms with Crippen molar-refractivity contribution in [3.05, 3.63) is 37.2 Å². The zero-order valence-electron chi connectivity index (χ0n) is 8.69. The summed E-state index contributed by atoms with van der Waals surface area (Å²) < 4.78 is 1.81. The van der Waals surface area contributed by atoms with E-state index in [1.165, 1.54) is 11.8 Å². The molecule has 0 aromatic carbocycles. The van der Waals surface area contributed by atoms with E-state index >= 15 is 0 Å². The summed E-state index contributed by atoms with van der Waals surface area (Å²) in [6, 6.07) is 1.85. The predicted octanol–water partition coefficient (Wildman–Crippen LogP) is 1.25. The normalized spacial score (nSPS) is 10.8. The molecule has 3 heterocycles. The van der Waals surface area contributed by atoms with Crippen molar-refractivity contribution in [1.29, 1.82) is 0 Å². The van der Waals surface area contributed by atoms with Crippen LogP contribution in [0, 0.1) is 0 Å². The molecule has 0 atom stereocenters. The van der Waals surface area contributed by atoms with Crippen LogP contribution in [0.1, 0.15) is 0 Å². The number of pyridine rings is 1. The molecular formula is C10H8N6S. The largest absolute Gasteiger partial charge is 0.397 e. The average molecular weight is 244 g/mol. The second-order valence-electron chi connectivity index (χ2n) is 3.31. The van der Waals surface area contributed by atoms with Crippen LogP contribution in [0.2, 0.25) is 0 Å². The topological polar surface area (TPSA) is 82.0 Å². The summed E-state index contributed by atoms with van der Waals surface area (Å²) in [5.41, 5.74) is 7.18. The van der Waals surface area contributed by atoms with Crippen LogP contribution in [-0.2, 0) is 0 Å². The minimum atomic E-state index is 0.626. The number of rotatable bonds is 2. The Balaban J connectivity index is 2.06. The quantitative estimate of drug-likeness (QED) is 0.730. The van der Waals surface area contributed by atoms with E-state index < -0.39 is 0 Å². The molecule has 7 heteroatoms. The van der Waals surface area contributed by atoms with E-state index in [2.05, 4.69) is 20.2 Å². The molecule has 6 nitrogen and oxygen atoms in total. The van der Waals surface area contributed by atoms with Crippen LogP contribution in [0.3, 0.4) is 0 Å². The summed E-state index contributed by atoms with van der Waals surface area (Å²) >= 11 is 1.45. The highest BCUT2D eigenvalue weighted by atomic mass is 32.2. The fraction of sp³-hybridized carbons (Fsp3) is 0. The first-order valence-corrected chi connectivity index (χ1v) is 5.68. The first-order valence-electron chi connectivity index (χ1n) is 4.86. The Bertz CT molecular complexity index is 664. The van der Waals surface area contributed by atoms with E-state index in [0.29, 0.717) is 11.3 Å². The van der Waals surface area contributed by atoms with Crippen LogP contribution in [-0.4, -0.2) is 24.6 Å². The molecule has 0 aliphatic carbocycles. The number of nitrogen functional groups attached to an aromatic ring is 1. The van der Waals surface area contributed by atoms with E-state index in [1.54, 1.807) is 31.1 Å². The standard InChI is InChI=1S/C10H8N6S/c11-7-5-12-2-1-8(7)17-10-9-15-14-6-16(9)4-3-13-10/h1-6H,11H2. The maximum Gasteiger partial charge on any atom is 0.193 e. The maximum absolute atomic E-state index is 5.83. The van der Waals surface area contributed by atoms with Gasteiger partial charge in [0, 0.05) is 23.5 Å². The average Bonchev–Trinajstić information content (AvgIpc) is 2.81. The fourth-order valence-corrected chi connectivity index (χ4v) is 2.26. The highest BCUT2D eigenvalue weighted by Crippen LogP contribution is 2.31. The Morgan fingerprint density at radius 3 is 3.12 bits per heavy atom. The van der Waals surface area contributed by atoms with Crippen molar-refractivity contribution in [3.8, 4) is 0 Å². The van der Waals surface area contributed by atoms with Crippen LogP contribution in [0.5, 0.6) is 0 Å². The molecule has 0 aliphatic heterocycles. The van der Waals surface area contributed by atoms with Crippen LogP contribution >= 0.6 is 11.8 Å². The van der Waals surface area contributed by atoms with Gasteiger partial charge >= 0.3 is 0 Å². The molecule has 0 bridgehead atoms. The molecule has 3 aromatic heterocycles. The molecule has 0 amide bonds. The van der Waals surface area contributed by atoms with Crippen molar-refractivity contribution < 1.29 is 0 Å². The number of nitrogens with two attached hydrogens (primary N) is 1. The summed E-state index contributed by atoms with van der Waals surface area (Å²) in [7, 11) is 0. The number of aromatic nitrogens is 5. The second kappa shape index (κ2) is 4.02. The third-order valence-electron chi connectivity index (χ3n) is 2.20. The minimum Gasteiger partial charge on any atom is -0.397 e. The Morgan fingerprint density at radius 2 is 2.24 bits per heavy atom. The van der Waals surface area contributed by atoms with Gasteiger partial charge in [-0.2, -0.15) is 0 Å². The minimum absolute atomic E-state index is 0.626. The monoisotopic (exact) mass is 244 g/mol. The lowest BCUT2D eigenvalue weighted by Crippen LogP contribution is -1.92. The number of hydrogen-bond donors (Lipinski definition) is 1. The van der Waals surface area contributed by atoms with Gasteiger partial charge in [0.2, 0.25) is 0 Å². The highest BCUT2D eigenvalue weighted by Gasteiger charge is 2.08. The van der Waals surface area contributed by atoms with Crippen LogP contribution < -0.4 is 5.73 Å². The number of nitrogens with zero attached hydrogens (tertiary/aromatic N) is 5. The van der Waals surface area contributed by atoms with Gasteiger partial charge in [-0.15, -0.1) is 10.2 Å². The smallest absolute Gasteiger partial charge is 0.193 e. The molecule has 17 heavy (non-hydrogen) atoms. The third kappa shape index (κ3) is 1.80. The van der Waals surface area contributed by atoms with E-state index in [-0.39, 0.29) is 0 Å². The van der Waals surface area contributed by atoms with Gasteiger partial charge in [0.05, 0.1) is 11.9 Å². The van der Waals surface area contributed by atoms with Crippen molar-refractivity contribution in [2.45, 2.75) is 9.92 Å². The van der Waals surface area contributed by atoms with Gasteiger partial charge in [0.25, 0.3) is 0 Å². The second-order valence-corrected chi connectivity index (χ2v) is 4.34.